The van der Waals surface area contributed by atoms with Crippen molar-refractivity contribution in [2.45, 2.75) is 70.1 Å². The van der Waals surface area contributed by atoms with Crippen LogP contribution in [-0.2, 0) is 32.3 Å². The van der Waals surface area contributed by atoms with Crippen LogP contribution >= 0.6 is 0 Å². The van der Waals surface area contributed by atoms with Gasteiger partial charge in [-0.05, 0) is 43.4 Å². The summed E-state index contributed by atoms with van der Waals surface area (Å²) in [5.74, 6) is -2.74. The van der Waals surface area contributed by atoms with Crippen molar-refractivity contribution in [3.8, 4) is 0 Å². The summed E-state index contributed by atoms with van der Waals surface area (Å²) in [6.45, 7) is 5.73. The standard InChI is InChI=1S/C30H36N6O5/c1-18(2)22(16-37)36-25(27(39)32-17-35-21-12-8-7-11-20(21)33-34-35)30-14-13-29(3,41-30)23(24(30)28(36)40)26(38)31-15-19-9-5-4-6-10-19/h4-12,18,22-25,37H,13-17H2,1-3H3,(H,31,38)(H,32,39)/t22-,23-,24-,25?,29+,30?/m0/s1. The number of nitrogens with zero attached hydrogens (tertiary/aromatic N) is 4. The van der Waals surface area contributed by atoms with Crippen LogP contribution in [0.3, 0.4) is 0 Å². The Kier molecular flexibility index (Phi) is 6.82. The highest BCUT2D eigenvalue weighted by molar-refractivity contribution is 5.99. The molecule has 6 atom stereocenters. The number of aliphatic hydroxyl groups excluding tert-OH is 1. The number of amides is 3. The molecule has 3 amide bonds. The van der Waals surface area contributed by atoms with E-state index in [0.29, 0.717) is 24.9 Å². The van der Waals surface area contributed by atoms with E-state index in [2.05, 4.69) is 20.9 Å². The maximum absolute atomic E-state index is 14.3. The summed E-state index contributed by atoms with van der Waals surface area (Å²) in [5.41, 5.74) is 0.340. The molecule has 0 saturated carbocycles. The van der Waals surface area contributed by atoms with Crippen molar-refractivity contribution in [2.75, 3.05) is 6.61 Å². The average molecular weight is 561 g/mol. The molecule has 4 heterocycles. The van der Waals surface area contributed by atoms with E-state index < -0.39 is 41.0 Å². The smallest absolute Gasteiger partial charge is 0.247 e. The highest BCUT2D eigenvalue weighted by atomic mass is 16.5. The quantitative estimate of drug-likeness (QED) is 0.361. The van der Waals surface area contributed by atoms with Gasteiger partial charge in [0.05, 0.1) is 35.6 Å². The minimum Gasteiger partial charge on any atom is -0.394 e. The molecule has 41 heavy (non-hydrogen) atoms. The topological polar surface area (TPSA) is 139 Å². The zero-order valence-electron chi connectivity index (χ0n) is 23.5. The second-order valence-corrected chi connectivity index (χ2v) is 11.9. The van der Waals surface area contributed by atoms with Gasteiger partial charge < -0.3 is 25.4 Å². The van der Waals surface area contributed by atoms with Crippen LogP contribution in [-0.4, -0.2) is 72.6 Å². The van der Waals surface area contributed by atoms with Gasteiger partial charge in [0, 0.05) is 6.54 Å². The second kappa shape index (κ2) is 10.2. The number of carbonyl (C=O) groups excluding carboxylic acids is 3. The number of fused-ring (bicyclic) bond motifs is 2. The number of benzene rings is 2. The van der Waals surface area contributed by atoms with Crippen molar-refractivity contribution in [1.82, 2.24) is 30.5 Å². The SMILES string of the molecule is CC(C)[C@H](CO)N1C(=O)[C@@H]2[C@@H](C(=O)NCc3ccccc3)[C@@]3(C)CCC2(O3)C1C(=O)NCn1nnc2ccccc21. The van der Waals surface area contributed by atoms with Crippen molar-refractivity contribution in [3.63, 3.8) is 0 Å². The van der Waals surface area contributed by atoms with Gasteiger partial charge in [-0.1, -0.05) is 61.5 Å². The first-order valence-electron chi connectivity index (χ1n) is 14.2. The molecule has 0 aliphatic carbocycles. The third kappa shape index (κ3) is 4.29. The largest absolute Gasteiger partial charge is 0.394 e. The predicted molar refractivity (Wildman–Crippen MR) is 149 cm³/mol. The van der Waals surface area contributed by atoms with Gasteiger partial charge >= 0.3 is 0 Å². The minimum atomic E-state index is -1.18. The van der Waals surface area contributed by atoms with Crippen LogP contribution in [0.1, 0.15) is 39.2 Å². The minimum absolute atomic E-state index is 0.0440. The number of likely N-dealkylation sites (tertiary alicyclic amines) is 1. The molecule has 3 fully saturated rings. The lowest BCUT2D eigenvalue weighted by molar-refractivity contribution is -0.151. The monoisotopic (exact) mass is 560 g/mol. The van der Waals surface area contributed by atoms with E-state index in [-0.39, 0.29) is 31.0 Å². The summed E-state index contributed by atoms with van der Waals surface area (Å²) < 4.78 is 8.26. The molecule has 6 rings (SSSR count). The molecular weight excluding hydrogens is 524 g/mol. The molecule has 3 aliphatic rings. The van der Waals surface area contributed by atoms with Crippen LogP contribution in [0.25, 0.3) is 11.0 Å². The number of ether oxygens (including phenoxy) is 1. The van der Waals surface area contributed by atoms with Crippen LogP contribution in [0.5, 0.6) is 0 Å². The summed E-state index contributed by atoms with van der Waals surface area (Å²) in [6, 6.07) is 15.4. The lowest BCUT2D eigenvalue weighted by atomic mass is 9.66. The highest BCUT2D eigenvalue weighted by Crippen LogP contribution is 2.63. The number of nitrogens with one attached hydrogen (secondary N) is 2. The zero-order valence-corrected chi connectivity index (χ0v) is 23.5. The summed E-state index contributed by atoms with van der Waals surface area (Å²) in [6.07, 6.45) is 0.996. The molecule has 1 spiro atoms. The van der Waals surface area contributed by atoms with Gasteiger partial charge in [-0.3, -0.25) is 14.4 Å². The lowest BCUT2D eigenvalue weighted by Crippen LogP contribution is -2.59. The maximum atomic E-state index is 14.3. The van der Waals surface area contributed by atoms with Crippen LogP contribution in [0.15, 0.2) is 54.6 Å². The van der Waals surface area contributed by atoms with Crippen LogP contribution in [0, 0.1) is 17.8 Å². The molecule has 2 aromatic carbocycles. The van der Waals surface area contributed by atoms with E-state index in [1.54, 1.807) is 4.68 Å². The first-order chi connectivity index (χ1) is 19.7. The number of aliphatic hydroxyl groups is 1. The summed E-state index contributed by atoms with van der Waals surface area (Å²) in [4.78, 5) is 43.6. The summed E-state index contributed by atoms with van der Waals surface area (Å²) in [5, 5.41) is 24.6. The van der Waals surface area contributed by atoms with E-state index in [4.69, 9.17) is 4.74 Å². The fourth-order valence-electron chi connectivity index (χ4n) is 7.22. The Morgan fingerprint density at radius 2 is 1.80 bits per heavy atom. The highest BCUT2D eigenvalue weighted by Gasteiger charge is 2.78. The Morgan fingerprint density at radius 1 is 1.07 bits per heavy atom. The van der Waals surface area contributed by atoms with Crippen molar-refractivity contribution in [3.05, 3.63) is 60.2 Å². The van der Waals surface area contributed by atoms with E-state index >= 15 is 0 Å². The first kappa shape index (κ1) is 27.3. The average Bonchev–Trinajstić information content (AvgIpc) is 3.67. The third-order valence-electron chi connectivity index (χ3n) is 9.19. The molecule has 3 N–H and O–H groups in total. The number of rotatable bonds is 9. The Morgan fingerprint density at radius 3 is 2.54 bits per heavy atom. The molecule has 1 aromatic heterocycles. The fraction of sp³-hybridized carbons (Fsp3) is 0.500. The van der Waals surface area contributed by atoms with Crippen LogP contribution in [0.4, 0.5) is 0 Å². The molecule has 3 aromatic rings. The Hall–Kier alpha value is -3.83. The summed E-state index contributed by atoms with van der Waals surface area (Å²) >= 11 is 0. The van der Waals surface area contributed by atoms with Gasteiger partial charge in [-0.25, -0.2) is 4.68 Å². The molecular formula is C30H36N6O5. The number of carbonyl (C=O) groups is 3. The number of aromatic nitrogens is 3. The van der Waals surface area contributed by atoms with Crippen molar-refractivity contribution >= 4 is 28.8 Å². The normalized spacial score (nSPS) is 29.2. The molecule has 3 saturated heterocycles. The molecule has 216 valence electrons. The van der Waals surface area contributed by atoms with E-state index in [0.717, 1.165) is 11.1 Å². The van der Waals surface area contributed by atoms with Gasteiger partial charge in [0.15, 0.2) is 0 Å². The third-order valence-corrected chi connectivity index (χ3v) is 9.19. The number of hydrogen-bond acceptors (Lipinski definition) is 7. The van der Waals surface area contributed by atoms with Crippen molar-refractivity contribution < 1.29 is 24.2 Å². The summed E-state index contributed by atoms with van der Waals surface area (Å²) in [7, 11) is 0. The lowest BCUT2D eigenvalue weighted by Gasteiger charge is -2.38. The maximum Gasteiger partial charge on any atom is 0.247 e. The predicted octanol–water partition coefficient (Wildman–Crippen LogP) is 1.60. The fourth-order valence-corrected chi connectivity index (χ4v) is 7.22. The Bertz CT molecular complexity index is 1480. The Balaban J connectivity index is 1.31. The second-order valence-electron chi connectivity index (χ2n) is 11.9. The molecule has 2 bridgehead atoms. The van der Waals surface area contributed by atoms with Gasteiger partial charge in [0.2, 0.25) is 17.7 Å². The molecule has 11 nitrogen and oxygen atoms in total. The number of para-hydroxylation sites is 1. The van der Waals surface area contributed by atoms with Crippen molar-refractivity contribution in [2.24, 2.45) is 17.8 Å². The number of hydrogen-bond donors (Lipinski definition) is 3. The molecule has 3 aliphatic heterocycles. The van der Waals surface area contributed by atoms with Gasteiger partial charge in [0.1, 0.15) is 23.8 Å². The van der Waals surface area contributed by atoms with Gasteiger partial charge in [-0.2, -0.15) is 0 Å². The molecule has 0 radical (unpaired) electrons. The van der Waals surface area contributed by atoms with Gasteiger partial charge in [-0.15, -0.1) is 5.10 Å². The van der Waals surface area contributed by atoms with Gasteiger partial charge in [0.25, 0.3) is 0 Å². The van der Waals surface area contributed by atoms with E-state index in [1.165, 1.54) is 4.90 Å². The first-order valence-corrected chi connectivity index (χ1v) is 14.2. The van der Waals surface area contributed by atoms with Crippen LogP contribution in [0.2, 0.25) is 0 Å². The zero-order chi connectivity index (χ0) is 28.9. The Labute approximate surface area is 238 Å². The molecule has 11 heteroatoms. The molecule has 2 unspecified atom stereocenters. The van der Waals surface area contributed by atoms with E-state index in [1.807, 2.05) is 75.4 Å². The van der Waals surface area contributed by atoms with Crippen LogP contribution < -0.4 is 10.6 Å². The van der Waals surface area contributed by atoms with Crippen molar-refractivity contribution in [1.29, 1.82) is 0 Å². The van der Waals surface area contributed by atoms with E-state index in [9.17, 15) is 19.5 Å².